The first-order valence-electron chi connectivity index (χ1n) is 6.32. The van der Waals surface area contributed by atoms with Gasteiger partial charge < -0.3 is 20.5 Å². The van der Waals surface area contributed by atoms with Crippen LogP contribution in [0.2, 0.25) is 0 Å². The highest BCUT2D eigenvalue weighted by Crippen LogP contribution is 2.31. The standard InChI is InChI=1S/C13H15F3N2O3/c14-13(15,16)8-1-2-11(17)10(5-8)12(19)18-6-9-7-20-3-4-21-9/h1-2,5,9H,3-4,6-7,17H2,(H,18,19). The number of nitrogens with one attached hydrogen (secondary N) is 1. The van der Waals surface area contributed by atoms with Crippen LogP contribution in [0.1, 0.15) is 15.9 Å². The number of nitrogens with two attached hydrogens (primary N) is 1. The normalized spacial score (nSPS) is 19.3. The summed E-state index contributed by atoms with van der Waals surface area (Å²) < 4.78 is 48.4. The van der Waals surface area contributed by atoms with Gasteiger partial charge in [0.25, 0.3) is 5.91 Å². The third kappa shape index (κ3) is 4.08. The summed E-state index contributed by atoms with van der Waals surface area (Å²) in [5.41, 5.74) is 4.42. The van der Waals surface area contributed by atoms with Crippen molar-refractivity contribution in [3.8, 4) is 0 Å². The van der Waals surface area contributed by atoms with Gasteiger partial charge in [0.05, 0.1) is 37.1 Å². The molecule has 1 amide bonds. The van der Waals surface area contributed by atoms with E-state index in [0.717, 1.165) is 18.2 Å². The zero-order valence-electron chi connectivity index (χ0n) is 11.1. The summed E-state index contributed by atoms with van der Waals surface area (Å²) in [6.07, 6.45) is -4.84. The zero-order valence-corrected chi connectivity index (χ0v) is 11.1. The second-order valence-electron chi connectivity index (χ2n) is 4.58. The predicted octanol–water partition coefficient (Wildman–Crippen LogP) is 1.43. The van der Waals surface area contributed by atoms with E-state index in [-0.39, 0.29) is 23.9 Å². The Kier molecular flexibility index (Phi) is 4.69. The van der Waals surface area contributed by atoms with Crippen LogP contribution in [0.4, 0.5) is 18.9 Å². The molecule has 116 valence electrons. The number of benzene rings is 1. The van der Waals surface area contributed by atoms with Crippen LogP contribution in [0, 0.1) is 0 Å². The van der Waals surface area contributed by atoms with Gasteiger partial charge >= 0.3 is 6.18 Å². The Bertz CT molecular complexity index is 514. The number of ether oxygens (including phenoxy) is 2. The fraction of sp³-hybridized carbons (Fsp3) is 0.462. The van der Waals surface area contributed by atoms with E-state index in [1.54, 1.807) is 0 Å². The molecule has 1 atom stereocenters. The van der Waals surface area contributed by atoms with E-state index in [9.17, 15) is 18.0 Å². The molecule has 1 heterocycles. The van der Waals surface area contributed by atoms with E-state index < -0.39 is 17.6 Å². The Hall–Kier alpha value is -1.80. The van der Waals surface area contributed by atoms with E-state index in [1.807, 2.05) is 0 Å². The number of nitrogen functional groups attached to an aromatic ring is 1. The first kappa shape index (κ1) is 15.6. The number of amides is 1. The number of alkyl halides is 3. The Morgan fingerprint density at radius 2 is 2.14 bits per heavy atom. The van der Waals surface area contributed by atoms with Crippen molar-refractivity contribution in [1.29, 1.82) is 0 Å². The molecule has 8 heteroatoms. The van der Waals surface area contributed by atoms with Gasteiger partial charge in [0.15, 0.2) is 0 Å². The minimum atomic E-state index is -4.52. The number of carbonyl (C=O) groups excluding carboxylic acids is 1. The summed E-state index contributed by atoms with van der Waals surface area (Å²) in [7, 11) is 0. The highest BCUT2D eigenvalue weighted by atomic mass is 19.4. The lowest BCUT2D eigenvalue weighted by molar-refractivity contribution is -0.137. The molecule has 1 aromatic carbocycles. The lowest BCUT2D eigenvalue weighted by Gasteiger charge is -2.23. The Balaban J connectivity index is 2.04. The number of halogens is 3. The Morgan fingerprint density at radius 1 is 1.38 bits per heavy atom. The molecule has 21 heavy (non-hydrogen) atoms. The molecule has 1 aromatic rings. The molecule has 0 bridgehead atoms. The third-order valence-electron chi connectivity index (χ3n) is 3.00. The van der Waals surface area contributed by atoms with E-state index in [4.69, 9.17) is 15.2 Å². The SMILES string of the molecule is Nc1ccc(C(F)(F)F)cc1C(=O)NCC1COCCO1. The van der Waals surface area contributed by atoms with Gasteiger partial charge in [0.1, 0.15) is 0 Å². The van der Waals surface area contributed by atoms with Crippen molar-refractivity contribution in [2.45, 2.75) is 12.3 Å². The highest BCUT2D eigenvalue weighted by molar-refractivity contribution is 5.99. The molecule has 1 aliphatic rings. The quantitative estimate of drug-likeness (QED) is 0.829. The van der Waals surface area contributed by atoms with E-state index in [1.165, 1.54) is 0 Å². The average molecular weight is 304 g/mol. The molecule has 0 radical (unpaired) electrons. The predicted molar refractivity (Wildman–Crippen MR) is 68.7 cm³/mol. The van der Waals surface area contributed by atoms with Crippen molar-refractivity contribution < 1.29 is 27.4 Å². The van der Waals surface area contributed by atoms with Crippen molar-refractivity contribution in [2.75, 3.05) is 32.1 Å². The maximum absolute atomic E-state index is 12.6. The first-order chi connectivity index (χ1) is 9.88. The molecule has 1 aliphatic heterocycles. The zero-order chi connectivity index (χ0) is 15.5. The summed E-state index contributed by atoms with van der Waals surface area (Å²) in [5, 5.41) is 2.50. The van der Waals surface area contributed by atoms with Crippen LogP contribution in [0.5, 0.6) is 0 Å². The van der Waals surface area contributed by atoms with Gasteiger partial charge in [-0.3, -0.25) is 4.79 Å². The Labute approximate surface area is 119 Å². The third-order valence-corrected chi connectivity index (χ3v) is 3.00. The molecule has 2 rings (SSSR count). The number of hydrogen-bond donors (Lipinski definition) is 2. The maximum atomic E-state index is 12.6. The molecule has 3 N–H and O–H groups in total. The highest BCUT2D eigenvalue weighted by Gasteiger charge is 2.31. The van der Waals surface area contributed by atoms with Gasteiger partial charge in [-0.15, -0.1) is 0 Å². The van der Waals surface area contributed by atoms with Crippen LogP contribution in [0.25, 0.3) is 0 Å². The van der Waals surface area contributed by atoms with Crippen molar-refractivity contribution in [3.63, 3.8) is 0 Å². The molecule has 1 unspecified atom stereocenters. The van der Waals surface area contributed by atoms with Crippen molar-refractivity contribution >= 4 is 11.6 Å². The van der Waals surface area contributed by atoms with Crippen LogP contribution >= 0.6 is 0 Å². The molecular formula is C13H15F3N2O3. The number of anilines is 1. The van der Waals surface area contributed by atoms with Crippen LogP contribution in [-0.2, 0) is 15.7 Å². The van der Waals surface area contributed by atoms with E-state index in [0.29, 0.717) is 19.8 Å². The maximum Gasteiger partial charge on any atom is 0.416 e. The molecular weight excluding hydrogens is 289 g/mol. The lowest BCUT2D eigenvalue weighted by atomic mass is 10.1. The molecule has 0 spiro atoms. The minimum absolute atomic E-state index is 0.0127. The number of rotatable bonds is 3. The van der Waals surface area contributed by atoms with Crippen LogP contribution in [0.15, 0.2) is 18.2 Å². The van der Waals surface area contributed by atoms with Crippen molar-refractivity contribution in [3.05, 3.63) is 29.3 Å². The van der Waals surface area contributed by atoms with Crippen LogP contribution < -0.4 is 11.1 Å². The average Bonchev–Trinajstić information content (AvgIpc) is 2.45. The van der Waals surface area contributed by atoms with Crippen molar-refractivity contribution in [1.82, 2.24) is 5.32 Å². The smallest absolute Gasteiger partial charge is 0.398 e. The lowest BCUT2D eigenvalue weighted by Crippen LogP contribution is -2.39. The van der Waals surface area contributed by atoms with Crippen LogP contribution in [-0.4, -0.2) is 38.4 Å². The van der Waals surface area contributed by atoms with Crippen LogP contribution in [0.3, 0.4) is 0 Å². The fourth-order valence-corrected chi connectivity index (χ4v) is 1.89. The minimum Gasteiger partial charge on any atom is -0.398 e. The van der Waals surface area contributed by atoms with Gasteiger partial charge in [-0.1, -0.05) is 0 Å². The molecule has 0 saturated carbocycles. The summed E-state index contributed by atoms with van der Waals surface area (Å²) in [5.74, 6) is -0.673. The number of hydrogen-bond acceptors (Lipinski definition) is 4. The van der Waals surface area contributed by atoms with Gasteiger partial charge in [0, 0.05) is 12.2 Å². The fourth-order valence-electron chi connectivity index (χ4n) is 1.89. The number of carbonyl (C=O) groups is 1. The molecule has 0 aliphatic carbocycles. The van der Waals surface area contributed by atoms with E-state index in [2.05, 4.69) is 5.32 Å². The molecule has 1 saturated heterocycles. The second-order valence-corrected chi connectivity index (χ2v) is 4.58. The topological polar surface area (TPSA) is 73.6 Å². The monoisotopic (exact) mass is 304 g/mol. The second kappa shape index (κ2) is 6.31. The van der Waals surface area contributed by atoms with Gasteiger partial charge in [-0.2, -0.15) is 13.2 Å². The van der Waals surface area contributed by atoms with Crippen molar-refractivity contribution in [2.24, 2.45) is 0 Å². The van der Waals surface area contributed by atoms with E-state index >= 15 is 0 Å². The summed E-state index contributed by atoms with van der Waals surface area (Å²) in [4.78, 5) is 11.9. The van der Waals surface area contributed by atoms with Gasteiger partial charge in [0.2, 0.25) is 0 Å². The first-order valence-corrected chi connectivity index (χ1v) is 6.32. The van der Waals surface area contributed by atoms with Gasteiger partial charge in [-0.25, -0.2) is 0 Å². The molecule has 1 fully saturated rings. The van der Waals surface area contributed by atoms with Gasteiger partial charge in [-0.05, 0) is 18.2 Å². The largest absolute Gasteiger partial charge is 0.416 e. The Morgan fingerprint density at radius 3 is 2.76 bits per heavy atom. The summed E-state index contributed by atoms with van der Waals surface area (Å²) in [6.45, 7) is 1.39. The summed E-state index contributed by atoms with van der Waals surface area (Å²) in [6, 6.07) is 2.64. The summed E-state index contributed by atoms with van der Waals surface area (Å²) >= 11 is 0. The molecule has 5 nitrogen and oxygen atoms in total. The molecule has 0 aromatic heterocycles.